The minimum absolute atomic E-state index is 0.224. The second kappa shape index (κ2) is 7.72. The van der Waals surface area contributed by atoms with E-state index in [9.17, 15) is 4.79 Å². The molecule has 2 heterocycles. The number of hydrogen-bond donors (Lipinski definition) is 1. The molecule has 5 nitrogen and oxygen atoms in total. The van der Waals surface area contributed by atoms with Gasteiger partial charge >= 0.3 is 0 Å². The highest BCUT2D eigenvalue weighted by Gasteiger charge is 2.23. The number of carbonyl (C=O) groups is 1. The first-order chi connectivity index (χ1) is 12.0. The molecule has 0 saturated carbocycles. The van der Waals surface area contributed by atoms with E-state index in [-0.39, 0.29) is 5.91 Å². The highest BCUT2D eigenvalue weighted by atomic mass is 16.2. The van der Waals surface area contributed by atoms with Gasteiger partial charge in [0.05, 0.1) is 0 Å². The Morgan fingerprint density at radius 3 is 2.80 bits per heavy atom. The number of hydrogen-bond acceptors (Lipinski definition) is 3. The minimum atomic E-state index is 0.224. The Hall–Kier alpha value is -2.30. The van der Waals surface area contributed by atoms with Gasteiger partial charge in [0.25, 0.3) is 0 Å². The van der Waals surface area contributed by atoms with Crippen molar-refractivity contribution in [3.8, 4) is 0 Å². The Balaban J connectivity index is 1.54. The molecule has 134 valence electrons. The fourth-order valence-electron chi connectivity index (χ4n) is 3.38. The zero-order chi connectivity index (χ0) is 17.8. The van der Waals surface area contributed by atoms with Crippen molar-refractivity contribution >= 4 is 11.6 Å². The summed E-state index contributed by atoms with van der Waals surface area (Å²) >= 11 is 0. The molecule has 3 rings (SSSR count). The van der Waals surface area contributed by atoms with Crippen LogP contribution in [0.4, 0.5) is 5.69 Å². The monoisotopic (exact) mass is 340 g/mol. The van der Waals surface area contributed by atoms with Crippen molar-refractivity contribution < 1.29 is 4.79 Å². The van der Waals surface area contributed by atoms with Crippen molar-refractivity contribution in [3.63, 3.8) is 0 Å². The molecular weight excluding hydrogens is 312 g/mol. The van der Waals surface area contributed by atoms with Gasteiger partial charge in [0, 0.05) is 49.7 Å². The number of carbonyl (C=O) groups excluding carboxylic acids is 1. The molecular formula is C20H28N4O. The molecule has 1 aliphatic rings. The van der Waals surface area contributed by atoms with Crippen molar-refractivity contribution in [1.82, 2.24) is 14.7 Å². The van der Waals surface area contributed by atoms with Crippen molar-refractivity contribution in [2.24, 2.45) is 0 Å². The Morgan fingerprint density at radius 2 is 2.08 bits per heavy atom. The number of benzene rings is 1. The largest absolute Gasteiger partial charge is 0.381 e. The van der Waals surface area contributed by atoms with Crippen LogP contribution in [0.5, 0.6) is 0 Å². The number of likely N-dealkylation sites (tertiary alicyclic amines) is 1. The summed E-state index contributed by atoms with van der Waals surface area (Å²) in [5, 5.41) is 7.85. The van der Waals surface area contributed by atoms with Crippen LogP contribution >= 0.6 is 0 Å². The molecule has 1 amide bonds. The van der Waals surface area contributed by atoms with E-state index in [0.717, 1.165) is 37.3 Å². The maximum absolute atomic E-state index is 12.6. The number of anilines is 1. The summed E-state index contributed by atoms with van der Waals surface area (Å²) in [6, 6.07) is 8.76. The molecule has 1 N–H and O–H groups in total. The number of rotatable bonds is 5. The number of aryl methyl sites for hydroxylation is 4. The zero-order valence-electron chi connectivity index (χ0n) is 15.5. The fraction of sp³-hybridized carbons (Fsp3) is 0.500. The molecule has 1 fully saturated rings. The van der Waals surface area contributed by atoms with Crippen LogP contribution in [0.3, 0.4) is 0 Å². The van der Waals surface area contributed by atoms with Crippen molar-refractivity contribution in [2.45, 2.75) is 52.6 Å². The van der Waals surface area contributed by atoms with Gasteiger partial charge in [-0.15, -0.1) is 0 Å². The van der Waals surface area contributed by atoms with Crippen LogP contribution in [-0.2, 0) is 11.3 Å². The second-order valence-corrected chi connectivity index (χ2v) is 7.07. The van der Waals surface area contributed by atoms with E-state index >= 15 is 0 Å². The molecule has 2 aromatic rings. The lowest BCUT2D eigenvalue weighted by Gasteiger charge is -2.34. The maximum Gasteiger partial charge on any atom is 0.224 e. The average molecular weight is 340 g/mol. The zero-order valence-corrected chi connectivity index (χ0v) is 15.5. The summed E-state index contributed by atoms with van der Waals surface area (Å²) in [4.78, 5) is 14.6. The normalized spacial score (nSPS) is 17.6. The number of nitrogens with zero attached hydrogens (tertiary/aromatic N) is 3. The third-order valence-corrected chi connectivity index (χ3v) is 5.12. The third-order valence-electron chi connectivity index (χ3n) is 5.12. The molecule has 0 radical (unpaired) electrons. The summed E-state index contributed by atoms with van der Waals surface area (Å²) < 4.78 is 1.90. The van der Waals surface area contributed by atoms with E-state index in [1.165, 1.54) is 11.1 Å². The molecule has 1 aromatic carbocycles. The quantitative estimate of drug-likeness (QED) is 0.908. The fourth-order valence-corrected chi connectivity index (χ4v) is 3.38. The van der Waals surface area contributed by atoms with Crippen LogP contribution in [0.25, 0.3) is 0 Å². The van der Waals surface area contributed by atoms with Gasteiger partial charge in [-0.2, -0.15) is 5.10 Å². The van der Waals surface area contributed by atoms with Gasteiger partial charge in [0.2, 0.25) is 5.91 Å². The predicted molar refractivity (Wildman–Crippen MR) is 101 cm³/mol. The van der Waals surface area contributed by atoms with Gasteiger partial charge in [0.15, 0.2) is 0 Å². The number of amides is 1. The van der Waals surface area contributed by atoms with E-state index in [1.54, 1.807) is 6.20 Å². The first-order valence-corrected chi connectivity index (χ1v) is 9.13. The van der Waals surface area contributed by atoms with Crippen LogP contribution in [0.1, 0.15) is 36.1 Å². The topological polar surface area (TPSA) is 50.2 Å². The molecule has 5 heteroatoms. The lowest BCUT2D eigenvalue weighted by molar-refractivity contribution is -0.132. The number of nitrogens with one attached hydrogen (secondary N) is 1. The Morgan fingerprint density at radius 1 is 1.24 bits per heavy atom. The molecule has 25 heavy (non-hydrogen) atoms. The van der Waals surface area contributed by atoms with Crippen molar-refractivity contribution in [3.05, 3.63) is 47.3 Å². The van der Waals surface area contributed by atoms with Gasteiger partial charge in [0.1, 0.15) is 0 Å². The maximum atomic E-state index is 12.6. The van der Waals surface area contributed by atoms with E-state index < -0.39 is 0 Å². The second-order valence-electron chi connectivity index (χ2n) is 7.07. The molecule has 0 aliphatic carbocycles. The smallest absolute Gasteiger partial charge is 0.224 e. The Bertz CT molecular complexity index is 737. The highest BCUT2D eigenvalue weighted by Crippen LogP contribution is 2.19. The molecule has 1 aromatic heterocycles. The molecule has 0 unspecified atom stereocenters. The summed E-state index contributed by atoms with van der Waals surface area (Å²) in [5.74, 6) is 0.224. The first-order valence-electron chi connectivity index (χ1n) is 9.13. The molecule has 1 atom stereocenters. The first kappa shape index (κ1) is 17.5. The highest BCUT2D eigenvalue weighted by molar-refractivity contribution is 5.76. The van der Waals surface area contributed by atoms with E-state index in [0.29, 0.717) is 19.0 Å². The van der Waals surface area contributed by atoms with Gasteiger partial charge in [-0.05, 0) is 62.9 Å². The summed E-state index contributed by atoms with van der Waals surface area (Å²) in [5.41, 5.74) is 4.85. The van der Waals surface area contributed by atoms with E-state index in [1.807, 2.05) is 22.6 Å². The lowest BCUT2D eigenvalue weighted by Crippen LogP contribution is -2.45. The van der Waals surface area contributed by atoms with Crippen LogP contribution < -0.4 is 5.32 Å². The van der Waals surface area contributed by atoms with E-state index in [4.69, 9.17) is 0 Å². The van der Waals surface area contributed by atoms with Crippen molar-refractivity contribution in [2.75, 3.05) is 18.4 Å². The third kappa shape index (κ3) is 4.41. The van der Waals surface area contributed by atoms with Gasteiger partial charge in [-0.25, -0.2) is 0 Å². The Kier molecular flexibility index (Phi) is 5.41. The van der Waals surface area contributed by atoms with E-state index in [2.05, 4.69) is 42.5 Å². The lowest BCUT2D eigenvalue weighted by atomic mass is 10.0. The van der Waals surface area contributed by atoms with Gasteiger partial charge in [-0.1, -0.05) is 6.07 Å². The standard InChI is InChI=1S/C20H28N4O/c1-15-6-7-18(13-16(15)2)22-19-5-4-11-23(14-19)20(25)9-12-24-17(3)8-10-21-24/h6-8,10,13,19,22H,4-5,9,11-12,14H2,1-3H3/t19-/m0/s1. The van der Waals surface area contributed by atoms with Crippen LogP contribution in [-0.4, -0.2) is 39.7 Å². The summed E-state index contributed by atoms with van der Waals surface area (Å²) in [6.45, 7) is 8.58. The van der Waals surface area contributed by atoms with Gasteiger partial charge in [-0.3, -0.25) is 9.48 Å². The van der Waals surface area contributed by atoms with Crippen LogP contribution in [0, 0.1) is 20.8 Å². The number of aromatic nitrogens is 2. The van der Waals surface area contributed by atoms with Crippen LogP contribution in [0.2, 0.25) is 0 Å². The molecule has 1 saturated heterocycles. The Labute approximate surface area is 150 Å². The molecule has 1 aliphatic heterocycles. The molecule has 0 bridgehead atoms. The van der Waals surface area contributed by atoms with Gasteiger partial charge < -0.3 is 10.2 Å². The van der Waals surface area contributed by atoms with Crippen LogP contribution in [0.15, 0.2) is 30.5 Å². The minimum Gasteiger partial charge on any atom is -0.381 e. The number of piperidine rings is 1. The average Bonchev–Trinajstić information content (AvgIpc) is 3.01. The molecule has 0 spiro atoms. The predicted octanol–water partition coefficient (Wildman–Crippen LogP) is 3.30. The summed E-state index contributed by atoms with van der Waals surface area (Å²) in [6.07, 6.45) is 4.45. The van der Waals surface area contributed by atoms with Crippen molar-refractivity contribution in [1.29, 1.82) is 0 Å². The summed E-state index contributed by atoms with van der Waals surface area (Å²) in [7, 11) is 0. The SMILES string of the molecule is Cc1ccc(N[C@H]2CCCN(C(=O)CCn3nccc3C)C2)cc1C.